The minimum Gasteiger partial charge on any atom is -0.618 e. The van der Waals surface area contributed by atoms with Gasteiger partial charge < -0.3 is 10.5 Å². The van der Waals surface area contributed by atoms with E-state index in [-0.39, 0.29) is 36.1 Å². The fourth-order valence-corrected chi connectivity index (χ4v) is 5.39. The number of halogens is 6. The first kappa shape index (κ1) is 26.2. The van der Waals surface area contributed by atoms with Gasteiger partial charge in [-0.15, -0.1) is 0 Å². The summed E-state index contributed by atoms with van der Waals surface area (Å²) < 4.78 is 105. The van der Waals surface area contributed by atoms with Crippen molar-refractivity contribution in [2.45, 2.75) is 68.4 Å². The molecular weight excluding hydrogens is 516 g/mol. The zero-order valence-electron chi connectivity index (χ0n) is 19.0. The Bertz CT molecular complexity index is 1290. The highest BCUT2D eigenvalue weighted by Gasteiger charge is 2.57. The molecule has 2 aromatic heterocycles. The van der Waals surface area contributed by atoms with Gasteiger partial charge in [-0.1, -0.05) is 12.8 Å². The Balaban J connectivity index is 1.82. The summed E-state index contributed by atoms with van der Waals surface area (Å²) in [4.78, 5) is 13.2. The van der Waals surface area contributed by atoms with Crippen molar-refractivity contribution in [3.8, 4) is 0 Å². The molecule has 1 unspecified atom stereocenters. The molecule has 2 heterocycles. The van der Waals surface area contributed by atoms with Crippen molar-refractivity contribution in [3.63, 3.8) is 0 Å². The van der Waals surface area contributed by atoms with Gasteiger partial charge in [0.25, 0.3) is 10.9 Å². The molecule has 2 N–H and O–H groups in total. The van der Waals surface area contributed by atoms with Gasteiger partial charge in [0.1, 0.15) is 21.0 Å². The van der Waals surface area contributed by atoms with Crippen LogP contribution in [-0.4, -0.2) is 32.3 Å². The molecule has 2 fully saturated rings. The van der Waals surface area contributed by atoms with Crippen LogP contribution in [0.3, 0.4) is 0 Å². The lowest BCUT2D eigenvalue weighted by atomic mass is 9.85. The lowest BCUT2D eigenvalue weighted by Crippen LogP contribution is -2.40. The number of anilines is 1. The maximum Gasteiger partial charge on any atom is 0.420 e. The van der Waals surface area contributed by atoms with Gasteiger partial charge in [-0.3, -0.25) is 9.48 Å². The Kier molecular flexibility index (Phi) is 6.29. The van der Waals surface area contributed by atoms with Crippen LogP contribution in [0.2, 0.25) is 0 Å². The molecule has 0 saturated heterocycles. The third-order valence-electron chi connectivity index (χ3n) is 6.60. The van der Waals surface area contributed by atoms with Gasteiger partial charge in [-0.05, 0) is 25.7 Å². The number of rotatable bonds is 6. The number of amides is 1. The fraction of sp³-hybridized carbons (Fsp3) is 0.571. The van der Waals surface area contributed by atoms with Crippen LogP contribution in [0.1, 0.15) is 66.2 Å². The molecule has 0 radical (unpaired) electrons. The second-order valence-corrected chi connectivity index (χ2v) is 11.5. The number of hydrogen-bond donors (Lipinski definition) is 2. The standard InChI is InChI=1S/C21H23F6N5O3S/c1-36(28,35)14-10-13(6-9-32(14)34)29-18(33)17-15(20(22,23)24)16(12-4-5-12)30-31(17)11-19(21(25,26)27)7-2-3-8-19/h6,9-10,12,28H,2-5,7-8,11H2,1H3,(H,29,33). The summed E-state index contributed by atoms with van der Waals surface area (Å²) in [7, 11) is -3.56. The normalized spacial score (nSPS) is 19.8. The van der Waals surface area contributed by atoms with Crippen LogP contribution in [0.4, 0.5) is 32.0 Å². The second-order valence-electron chi connectivity index (χ2n) is 9.40. The van der Waals surface area contributed by atoms with E-state index in [2.05, 4.69) is 10.4 Å². The molecule has 0 spiro atoms. The van der Waals surface area contributed by atoms with Crippen LogP contribution >= 0.6 is 0 Å². The number of carbonyl (C=O) groups is 1. The number of aromatic nitrogens is 3. The average Bonchev–Trinajstić information content (AvgIpc) is 3.33. The number of nitrogens with zero attached hydrogens (tertiary/aromatic N) is 3. The summed E-state index contributed by atoms with van der Waals surface area (Å²) >= 11 is 0. The van der Waals surface area contributed by atoms with Crippen LogP contribution in [-0.2, 0) is 22.5 Å². The van der Waals surface area contributed by atoms with Crippen molar-refractivity contribution in [3.05, 3.63) is 40.5 Å². The number of nitrogens with one attached hydrogen (secondary N) is 2. The van der Waals surface area contributed by atoms with Crippen LogP contribution < -0.4 is 10.0 Å². The summed E-state index contributed by atoms with van der Waals surface area (Å²) in [5.41, 5.74) is -5.46. The summed E-state index contributed by atoms with van der Waals surface area (Å²) in [6, 6.07) is 1.90. The molecular formula is C21H23F6N5O3S. The van der Waals surface area contributed by atoms with E-state index in [4.69, 9.17) is 4.78 Å². The summed E-state index contributed by atoms with van der Waals surface area (Å²) in [5, 5.41) is 17.4. The highest BCUT2D eigenvalue weighted by Crippen LogP contribution is 2.53. The van der Waals surface area contributed by atoms with Crippen molar-refractivity contribution in [1.82, 2.24) is 9.78 Å². The molecule has 0 bridgehead atoms. The Hall–Kier alpha value is -2.84. The van der Waals surface area contributed by atoms with Crippen LogP contribution in [0, 0.1) is 15.4 Å². The van der Waals surface area contributed by atoms with Crippen LogP contribution in [0.15, 0.2) is 23.4 Å². The fourth-order valence-electron chi connectivity index (χ4n) is 4.64. The van der Waals surface area contributed by atoms with Gasteiger partial charge in [0, 0.05) is 24.3 Å². The molecule has 2 aliphatic rings. The van der Waals surface area contributed by atoms with E-state index in [0.717, 1.165) is 24.6 Å². The van der Waals surface area contributed by atoms with Gasteiger partial charge in [-0.25, -0.2) is 8.99 Å². The topological polar surface area (TPSA) is 115 Å². The molecule has 36 heavy (non-hydrogen) atoms. The number of hydrogen-bond acceptors (Lipinski definition) is 5. The first-order valence-corrected chi connectivity index (χ1v) is 13.0. The maximum atomic E-state index is 14.2. The minimum absolute atomic E-state index is 0.120. The first-order chi connectivity index (χ1) is 16.5. The lowest BCUT2D eigenvalue weighted by molar-refractivity contribution is -0.646. The van der Waals surface area contributed by atoms with Crippen LogP contribution in [0.25, 0.3) is 0 Å². The number of pyridine rings is 1. The van der Waals surface area contributed by atoms with Crippen molar-refractivity contribution < 1.29 is 40.1 Å². The van der Waals surface area contributed by atoms with E-state index in [0.29, 0.717) is 17.5 Å². The Morgan fingerprint density at radius 3 is 2.39 bits per heavy atom. The predicted octanol–water partition coefficient (Wildman–Crippen LogP) is 4.82. The summed E-state index contributed by atoms with van der Waals surface area (Å²) in [6.45, 7) is -0.939. The third kappa shape index (κ3) is 4.89. The highest BCUT2D eigenvalue weighted by molar-refractivity contribution is 7.91. The Morgan fingerprint density at radius 1 is 1.28 bits per heavy atom. The summed E-state index contributed by atoms with van der Waals surface area (Å²) in [5.74, 6) is -1.99. The first-order valence-electron chi connectivity index (χ1n) is 11.1. The van der Waals surface area contributed by atoms with Gasteiger partial charge in [0.15, 0.2) is 6.20 Å². The third-order valence-corrected chi connectivity index (χ3v) is 7.70. The van der Waals surface area contributed by atoms with Gasteiger partial charge in [0.2, 0.25) is 0 Å². The largest absolute Gasteiger partial charge is 0.618 e. The highest BCUT2D eigenvalue weighted by atomic mass is 32.2. The molecule has 198 valence electrons. The molecule has 8 nitrogen and oxygen atoms in total. The zero-order chi connectivity index (χ0) is 26.7. The van der Waals surface area contributed by atoms with E-state index < -0.39 is 67.8 Å². The van der Waals surface area contributed by atoms with Crippen LogP contribution in [0.5, 0.6) is 0 Å². The minimum atomic E-state index is -5.07. The monoisotopic (exact) mass is 539 g/mol. The molecule has 0 aromatic carbocycles. The van der Waals surface area contributed by atoms with E-state index in [1.807, 2.05) is 0 Å². The SMILES string of the molecule is CS(=N)(=O)c1cc(NC(=O)c2c(C(F)(F)F)c(C3CC3)nn2CC2(C(F)(F)F)CCCC2)cc[n+]1[O-]. The Labute approximate surface area is 202 Å². The van der Waals surface area contributed by atoms with E-state index in [9.17, 15) is 40.6 Å². The smallest absolute Gasteiger partial charge is 0.420 e. The van der Waals surface area contributed by atoms with Crippen molar-refractivity contribution in [1.29, 1.82) is 4.78 Å². The molecule has 4 rings (SSSR count). The van der Waals surface area contributed by atoms with Gasteiger partial charge in [0.05, 0.1) is 23.3 Å². The average molecular weight is 540 g/mol. The Morgan fingerprint density at radius 2 is 1.89 bits per heavy atom. The van der Waals surface area contributed by atoms with E-state index in [1.54, 1.807) is 0 Å². The summed E-state index contributed by atoms with van der Waals surface area (Å²) in [6.07, 6.45) is -7.39. The van der Waals surface area contributed by atoms with Gasteiger partial charge >= 0.3 is 12.4 Å². The second kappa shape index (κ2) is 8.63. The van der Waals surface area contributed by atoms with Crippen molar-refractivity contribution >= 4 is 21.3 Å². The zero-order valence-corrected chi connectivity index (χ0v) is 19.8. The predicted molar refractivity (Wildman–Crippen MR) is 115 cm³/mol. The number of carbonyl (C=O) groups excluding carboxylic acids is 1. The molecule has 1 amide bonds. The molecule has 2 aromatic rings. The molecule has 1 atom stereocenters. The van der Waals surface area contributed by atoms with Crippen molar-refractivity contribution in [2.75, 3.05) is 11.6 Å². The molecule has 2 aliphatic carbocycles. The maximum absolute atomic E-state index is 14.2. The van der Waals surface area contributed by atoms with E-state index in [1.165, 1.54) is 0 Å². The quantitative estimate of drug-likeness (QED) is 0.311. The van der Waals surface area contributed by atoms with E-state index >= 15 is 0 Å². The molecule has 2 saturated carbocycles. The molecule has 15 heteroatoms. The number of alkyl halides is 6. The van der Waals surface area contributed by atoms with Gasteiger partial charge in [-0.2, -0.15) is 36.2 Å². The van der Waals surface area contributed by atoms with Crippen molar-refractivity contribution in [2.24, 2.45) is 5.41 Å². The lowest BCUT2D eigenvalue weighted by Gasteiger charge is -2.32. The molecule has 0 aliphatic heterocycles.